The summed E-state index contributed by atoms with van der Waals surface area (Å²) in [5, 5.41) is 42.6. The molecule has 4 N–H and O–H groups in total. The predicted octanol–water partition coefficient (Wildman–Crippen LogP) is 4.40. The summed E-state index contributed by atoms with van der Waals surface area (Å²) in [4.78, 5) is 0. The Labute approximate surface area is 195 Å². The van der Waals surface area contributed by atoms with Crippen molar-refractivity contribution in [3.63, 3.8) is 0 Å². The lowest BCUT2D eigenvalue weighted by Crippen LogP contribution is -2.59. The summed E-state index contributed by atoms with van der Waals surface area (Å²) in [6.07, 6.45) is 10.1. The van der Waals surface area contributed by atoms with Crippen LogP contribution in [-0.4, -0.2) is 45.3 Å². The summed E-state index contributed by atoms with van der Waals surface area (Å²) in [5.74, 6) is 2.77. The smallest absolute Gasteiger partial charge is 0.0579 e. The number of allylic oxidation sites excluding steroid dienone is 1. The van der Waals surface area contributed by atoms with Crippen LogP contribution in [0.1, 0.15) is 79.6 Å². The van der Waals surface area contributed by atoms with Crippen LogP contribution in [0, 0.1) is 58.2 Å². The number of rotatable bonds is 5. The molecule has 0 radical (unpaired) electrons. The van der Waals surface area contributed by atoms with Crippen LogP contribution >= 0.6 is 0 Å². The topological polar surface area (TPSA) is 80.9 Å². The highest BCUT2D eigenvalue weighted by Gasteiger charge is 2.64. The van der Waals surface area contributed by atoms with E-state index >= 15 is 0 Å². The summed E-state index contributed by atoms with van der Waals surface area (Å²) in [7, 11) is 0. The van der Waals surface area contributed by atoms with Crippen molar-refractivity contribution in [3.8, 4) is 0 Å². The van der Waals surface area contributed by atoms with Crippen LogP contribution in [-0.2, 0) is 0 Å². The van der Waals surface area contributed by atoms with Gasteiger partial charge in [-0.25, -0.2) is 0 Å². The van der Waals surface area contributed by atoms with Gasteiger partial charge in [0.15, 0.2) is 0 Å². The number of fused-ring (bicyclic) bond motifs is 5. The fourth-order valence-corrected chi connectivity index (χ4v) is 9.15. The second kappa shape index (κ2) is 8.98. The number of hydrogen-bond donors (Lipinski definition) is 4. The molecule has 4 rings (SSSR count). The Morgan fingerprint density at radius 3 is 2.19 bits per heavy atom. The molecule has 184 valence electrons. The van der Waals surface area contributed by atoms with Crippen molar-refractivity contribution < 1.29 is 20.4 Å². The summed E-state index contributed by atoms with van der Waals surface area (Å²) >= 11 is 0. The molecule has 4 aliphatic carbocycles. The van der Waals surface area contributed by atoms with Gasteiger partial charge < -0.3 is 20.4 Å². The molecule has 4 aliphatic rings. The third-order valence-corrected chi connectivity index (χ3v) is 11.1. The lowest BCUT2D eigenvalue weighted by Gasteiger charge is -2.62. The highest BCUT2D eigenvalue weighted by atomic mass is 16.3. The van der Waals surface area contributed by atoms with Crippen molar-refractivity contribution in [1.82, 2.24) is 0 Å². The lowest BCUT2D eigenvalue weighted by atomic mass is 9.43. The maximum absolute atomic E-state index is 11.4. The molecule has 0 aromatic carbocycles. The van der Waals surface area contributed by atoms with Gasteiger partial charge in [0.2, 0.25) is 0 Å². The Hall–Kier alpha value is -0.420. The van der Waals surface area contributed by atoms with Gasteiger partial charge in [-0.3, -0.25) is 0 Å². The predicted molar refractivity (Wildman–Crippen MR) is 128 cm³/mol. The maximum atomic E-state index is 11.4. The van der Waals surface area contributed by atoms with Crippen LogP contribution in [0.4, 0.5) is 0 Å². The zero-order valence-electron chi connectivity index (χ0n) is 21.0. The zero-order chi connectivity index (χ0) is 23.4. The van der Waals surface area contributed by atoms with Gasteiger partial charge in [0.1, 0.15) is 0 Å². The van der Waals surface area contributed by atoms with Gasteiger partial charge in [0.05, 0.1) is 18.3 Å². The van der Waals surface area contributed by atoms with Crippen molar-refractivity contribution in [2.45, 2.75) is 97.9 Å². The Morgan fingerprint density at radius 2 is 1.53 bits per heavy atom. The second-order valence-electron chi connectivity index (χ2n) is 12.9. The molecule has 4 saturated carbocycles. The highest BCUT2D eigenvalue weighted by Crippen LogP contribution is 2.68. The van der Waals surface area contributed by atoms with E-state index in [1.165, 1.54) is 6.42 Å². The standard InChI is InChI=1S/C28H48O4/c1-16(2)18(15-29)7-6-17(3)22-14-25(32)26-20-13-24(31)23-12-19(30)8-10-27(23,4)21(20)9-11-28(22,26)5/h6-7,16-26,29-32H,8-15H2,1-5H3/b7-6+/t17?,18?,19-,20?,21?,22?,23?,24?,25+,26?,27+,28+/m0/s1. The van der Waals surface area contributed by atoms with Crippen LogP contribution in [0.5, 0.6) is 0 Å². The first-order chi connectivity index (χ1) is 15.0. The Kier molecular flexibility index (Phi) is 6.93. The minimum Gasteiger partial charge on any atom is -0.396 e. The lowest BCUT2D eigenvalue weighted by molar-refractivity contribution is -0.180. The summed E-state index contributed by atoms with van der Waals surface area (Å²) in [6, 6.07) is 0. The van der Waals surface area contributed by atoms with Crippen LogP contribution < -0.4 is 0 Å². The van der Waals surface area contributed by atoms with Gasteiger partial charge >= 0.3 is 0 Å². The largest absolute Gasteiger partial charge is 0.396 e. The van der Waals surface area contributed by atoms with Gasteiger partial charge in [0.25, 0.3) is 0 Å². The van der Waals surface area contributed by atoms with E-state index in [0.717, 1.165) is 38.5 Å². The van der Waals surface area contributed by atoms with E-state index in [1.807, 2.05) is 0 Å². The third-order valence-electron chi connectivity index (χ3n) is 11.1. The van der Waals surface area contributed by atoms with Crippen molar-refractivity contribution in [2.75, 3.05) is 6.61 Å². The molecule has 4 nitrogen and oxygen atoms in total. The molecule has 0 spiro atoms. The van der Waals surface area contributed by atoms with Gasteiger partial charge in [-0.2, -0.15) is 0 Å². The second-order valence-corrected chi connectivity index (χ2v) is 12.9. The fourth-order valence-electron chi connectivity index (χ4n) is 9.15. The Morgan fingerprint density at radius 1 is 0.844 bits per heavy atom. The highest BCUT2D eigenvalue weighted by molar-refractivity contribution is 5.14. The van der Waals surface area contributed by atoms with E-state index in [4.69, 9.17) is 0 Å². The number of aliphatic hydroxyl groups excluding tert-OH is 4. The van der Waals surface area contributed by atoms with Gasteiger partial charge in [0, 0.05) is 12.5 Å². The quantitative estimate of drug-likeness (QED) is 0.470. The molecule has 32 heavy (non-hydrogen) atoms. The maximum Gasteiger partial charge on any atom is 0.0579 e. The first kappa shape index (κ1) is 24.7. The third kappa shape index (κ3) is 3.91. The molecule has 0 bridgehead atoms. The van der Waals surface area contributed by atoms with Gasteiger partial charge in [-0.05, 0) is 97.2 Å². The summed E-state index contributed by atoms with van der Waals surface area (Å²) < 4.78 is 0. The van der Waals surface area contributed by atoms with Crippen LogP contribution in [0.2, 0.25) is 0 Å². The van der Waals surface area contributed by atoms with Crippen LogP contribution in [0.15, 0.2) is 12.2 Å². The van der Waals surface area contributed by atoms with E-state index in [1.54, 1.807) is 0 Å². The first-order valence-electron chi connectivity index (χ1n) is 13.4. The van der Waals surface area contributed by atoms with E-state index in [0.29, 0.717) is 29.6 Å². The number of hydrogen-bond acceptors (Lipinski definition) is 4. The number of aliphatic hydroxyl groups is 4. The normalized spacial score (nSPS) is 50.7. The Balaban J connectivity index is 1.57. The molecule has 4 heteroatoms. The minimum atomic E-state index is -0.363. The Bertz CT molecular complexity index is 691. The monoisotopic (exact) mass is 448 g/mol. The molecule has 4 fully saturated rings. The molecule has 8 unspecified atom stereocenters. The van der Waals surface area contributed by atoms with Gasteiger partial charge in [-0.1, -0.05) is 46.8 Å². The molecule has 0 aliphatic heterocycles. The molecular weight excluding hydrogens is 400 g/mol. The fraction of sp³-hybridized carbons (Fsp3) is 0.929. The molecule has 0 aromatic rings. The van der Waals surface area contributed by atoms with E-state index in [2.05, 4.69) is 46.8 Å². The van der Waals surface area contributed by atoms with Crippen molar-refractivity contribution in [2.24, 2.45) is 58.2 Å². The summed E-state index contributed by atoms with van der Waals surface area (Å²) in [5.41, 5.74) is 0.172. The molecule has 12 atom stereocenters. The van der Waals surface area contributed by atoms with Crippen molar-refractivity contribution in [3.05, 3.63) is 12.2 Å². The average molecular weight is 449 g/mol. The molecule has 0 saturated heterocycles. The molecular formula is C28H48O4. The SMILES string of the molecule is CC(C)C(/C=C/C(C)C1C[C@@H](O)C2C3CC(O)C4C[C@@H](O)CC[C@]4(C)C3CC[C@]12C)CO. The minimum absolute atomic E-state index is 0.0812. The van der Waals surface area contributed by atoms with E-state index in [-0.39, 0.29) is 53.5 Å². The van der Waals surface area contributed by atoms with Crippen molar-refractivity contribution in [1.29, 1.82) is 0 Å². The van der Waals surface area contributed by atoms with Crippen molar-refractivity contribution >= 4 is 0 Å². The molecule has 0 heterocycles. The van der Waals surface area contributed by atoms with E-state index in [9.17, 15) is 20.4 Å². The van der Waals surface area contributed by atoms with Gasteiger partial charge in [-0.15, -0.1) is 0 Å². The average Bonchev–Trinajstić information content (AvgIpc) is 3.00. The first-order valence-corrected chi connectivity index (χ1v) is 13.4. The molecule has 0 aromatic heterocycles. The van der Waals surface area contributed by atoms with Crippen LogP contribution in [0.3, 0.4) is 0 Å². The summed E-state index contributed by atoms with van der Waals surface area (Å²) in [6.45, 7) is 11.6. The van der Waals surface area contributed by atoms with Crippen LogP contribution in [0.25, 0.3) is 0 Å². The van der Waals surface area contributed by atoms with E-state index < -0.39 is 0 Å². The zero-order valence-corrected chi connectivity index (χ0v) is 21.0. The molecule has 0 amide bonds.